The molecular weight excluding hydrogens is 368 g/mol. The van der Waals surface area contributed by atoms with E-state index in [-0.39, 0.29) is 12.2 Å². The van der Waals surface area contributed by atoms with E-state index >= 15 is 0 Å². The second kappa shape index (κ2) is 8.36. The van der Waals surface area contributed by atoms with E-state index in [1.54, 1.807) is 0 Å². The fourth-order valence-corrected chi connectivity index (χ4v) is 9.73. The Balaban J connectivity index is 1.61. The van der Waals surface area contributed by atoms with Crippen LogP contribution in [0, 0.1) is 58.2 Å². The average Bonchev–Trinajstić information content (AvgIpc) is 3.05. The third-order valence-electron chi connectivity index (χ3n) is 11.3. The van der Waals surface area contributed by atoms with Gasteiger partial charge in [0, 0.05) is 0 Å². The zero-order valence-electron chi connectivity index (χ0n) is 20.7. The summed E-state index contributed by atoms with van der Waals surface area (Å²) in [4.78, 5) is 0. The summed E-state index contributed by atoms with van der Waals surface area (Å²) in [6.45, 7) is 14.7. The lowest BCUT2D eigenvalue weighted by atomic mass is 9.41. The third-order valence-corrected chi connectivity index (χ3v) is 11.3. The number of aliphatic hydroxyl groups excluding tert-OH is 2. The normalized spacial score (nSPS) is 51.9. The SMILES string of the molecule is CCC1[C@@H](O)[C@@H]2[C@H](CC[C@]3(C)[C@@H]([C@H](C)CCC(C)C)CC[C@@H]23)[C@@]2(C)CC[C@@H](O)C[C@@H]12. The molecule has 0 radical (unpaired) electrons. The summed E-state index contributed by atoms with van der Waals surface area (Å²) in [6, 6.07) is 0. The van der Waals surface area contributed by atoms with E-state index in [9.17, 15) is 10.2 Å². The van der Waals surface area contributed by atoms with Gasteiger partial charge < -0.3 is 10.2 Å². The van der Waals surface area contributed by atoms with Crippen molar-refractivity contribution in [1.29, 1.82) is 0 Å². The van der Waals surface area contributed by atoms with Crippen molar-refractivity contribution in [1.82, 2.24) is 0 Å². The van der Waals surface area contributed by atoms with Gasteiger partial charge in [0.05, 0.1) is 12.2 Å². The Morgan fingerprint density at radius 3 is 2.17 bits per heavy atom. The third kappa shape index (κ3) is 3.51. The van der Waals surface area contributed by atoms with E-state index in [1.807, 2.05) is 0 Å². The van der Waals surface area contributed by atoms with Crippen LogP contribution in [0.1, 0.15) is 106 Å². The summed E-state index contributed by atoms with van der Waals surface area (Å²) in [6.07, 6.45) is 11.9. The number of fused-ring (bicyclic) bond motifs is 5. The van der Waals surface area contributed by atoms with E-state index in [4.69, 9.17) is 0 Å². The smallest absolute Gasteiger partial charge is 0.0605 e. The minimum absolute atomic E-state index is 0.146. The molecule has 2 nitrogen and oxygen atoms in total. The average molecular weight is 419 g/mol. The second-order valence-corrected chi connectivity index (χ2v) is 13.1. The van der Waals surface area contributed by atoms with Crippen molar-refractivity contribution >= 4 is 0 Å². The highest BCUT2D eigenvalue weighted by Crippen LogP contribution is 2.69. The molecule has 174 valence electrons. The molecule has 0 heterocycles. The van der Waals surface area contributed by atoms with Crippen LogP contribution in [0.5, 0.6) is 0 Å². The van der Waals surface area contributed by atoms with Crippen LogP contribution in [0.3, 0.4) is 0 Å². The molecule has 4 aliphatic rings. The first kappa shape index (κ1) is 23.1. The highest BCUT2D eigenvalue weighted by atomic mass is 16.3. The minimum Gasteiger partial charge on any atom is -0.393 e. The monoisotopic (exact) mass is 418 g/mol. The van der Waals surface area contributed by atoms with Gasteiger partial charge >= 0.3 is 0 Å². The van der Waals surface area contributed by atoms with E-state index < -0.39 is 0 Å². The van der Waals surface area contributed by atoms with Gasteiger partial charge in [-0.2, -0.15) is 0 Å². The largest absolute Gasteiger partial charge is 0.393 e. The molecule has 4 rings (SSSR count). The summed E-state index contributed by atoms with van der Waals surface area (Å²) in [5.41, 5.74) is 0.751. The first-order valence-electron chi connectivity index (χ1n) is 13.5. The Morgan fingerprint density at radius 1 is 0.833 bits per heavy atom. The fraction of sp³-hybridized carbons (Fsp3) is 1.00. The summed E-state index contributed by atoms with van der Waals surface area (Å²) in [5.74, 6) is 5.21. The molecule has 0 aromatic carbocycles. The molecule has 0 spiro atoms. The summed E-state index contributed by atoms with van der Waals surface area (Å²) in [5, 5.41) is 22.2. The number of hydrogen-bond donors (Lipinski definition) is 2. The molecule has 11 atom stereocenters. The fourth-order valence-electron chi connectivity index (χ4n) is 9.73. The van der Waals surface area contributed by atoms with Crippen molar-refractivity contribution in [2.24, 2.45) is 58.2 Å². The molecule has 0 aliphatic heterocycles. The van der Waals surface area contributed by atoms with Gasteiger partial charge in [-0.3, -0.25) is 0 Å². The molecule has 0 amide bonds. The van der Waals surface area contributed by atoms with Crippen LogP contribution in [-0.2, 0) is 0 Å². The highest BCUT2D eigenvalue weighted by Gasteiger charge is 2.64. The van der Waals surface area contributed by atoms with Crippen molar-refractivity contribution in [2.45, 2.75) is 118 Å². The second-order valence-electron chi connectivity index (χ2n) is 13.1. The van der Waals surface area contributed by atoms with Crippen LogP contribution in [0.15, 0.2) is 0 Å². The molecule has 2 heteroatoms. The lowest BCUT2D eigenvalue weighted by molar-refractivity contribution is -0.203. The van der Waals surface area contributed by atoms with Crippen LogP contribution in [-0.4, -0.2) is 22.4 Å². The summed E-state index contributed by atoms with van der Waals surface area (Å²) in [7, 11) is 0. The molecule has 0 aromatic rings. The van der Waals surface area contributed by atoms with Gasteiger partial charge in [-0.15, -0.1) is 0 Å². The van der Waals surface area contributed by atoms with Gasteiger partial charge in [-0.05, 0) is 103 Å². The van der Waals surface area contributed by atoms with Crippen LogP contribution < -0.4 is 0 Å². The van der Waals surface area contributed by atoms with Crippen molar-refractivity contribution < 1.29 is 10.2 Å². The molecule has 0 bridgehead atoms. The van der Waals surface area contributed by atoms with Crippen molar-refractivity contribution in [2.75, 3.05) is 0 Å². The van der Waals surface area contributed by atoms with Crippen LogP contribution >= 0.6 is 0 Å². The zero-order valence-corrected chi connectivity index (χ0v) is 20.7. The van der Waals surface area contributed by atoms with Crippen LogP contribution in [0.4, 0.5) is 0 Å². The predicted molar refractivity (Wildman–Crippen MR) is 125 cm³/mol. The molecule has 0 saturated heterocycles. The standard InChI is InChI=1S/C28H50O2/c1-7-20-24-16-19(29)12-14-28(24,6)23-13-15-27(5)21(18(4)9-8-17(2)3)10-11-22(27)25(23)26(20)30/h17-26,29-30H,7-16H2,1-6H3/t18-,19-,20?,21-,22+,23+,24+,25+,26-,27-,28-/m1/s1. The first-order chi connectivity index (χ1) is 14.1. The Morgan fingerprint density at radius 2 is 1.50 bits per heavy atom. The lowest BCUT2D eigenvalue weighted by Crippen LogP contribution is -2.62. The van der Waals surface area contributed by atoms with Crippen molar-refractivity contribution in [3.05, 3.63) is 0 Å². The van der Waals surface area contributed by atoms with Crippen molar-refractivity contribution in [3.8, 4) is 0 Å². The maximum atomic E-state index is 11.8. The van der Waals surface area contributed by atoms with E-state index in [1.165, 1.54) is 44.9 Å². The summed E-state index contributed by atoms with van der Waals surface area (Å²) >= 11 is 0. The maximum absolute atomic E-state index is 11.8. The molecule has 1 unspecified atom stereocenters. The van der Waals surface area contributed by atoms with Gasteiger partial charge in [0.15, 0.2) is 0 Å². The molecular formula is C28H50O2. The van der Waals surface area contributed by atoms with Crippen molar-refractivity contribution in [3.63, 3.8) is 0 Å². The van der Waals surface area contributed by atoms with Gasteiger partial charge in [0.25, 0.3) is 0 Å². The topological polar surface area (TPSA) is 40.5 Å². The van der Waals surface area contributed by atoms with E-state index in [0.29, 0.717) is 40.4 Å². The lowest BCUT2D eigenvalue weighted by Gasteiger charge is -2.64. The Bertz CT molecular complexity index is 601. The number of hydrogen-bond acceptors (Lipinski definition) is 2. The van der Waals surface area contributed by atoms with Crippen LogP contribution in [0.2, 0.25) is 0 Å². The zero-order chi connectivity index (χ0) is 21.8. The number of rotatable bonds is 5. The quantitative estimate of drug-likeness (QED) is 0.522. The highest BCUT2D eigenvalue weighted by molar-refractivity contribution is 5.13. The van der Waals surface area contributed by atoms with Gasteiger partial charge in [0.1, 0.15) is 0 Å². The van der Waals surface area contributed by atoms with E-state index in [0.717, 1.165) is 37.0 Å². The minimum atomic E-state index is -0.155. The van der Waals surface area contributed by atoms with Gasteiger partial charge in [-0.1, -0.05) is 60.8 Å². The molecule has 0 aromatic heterocycles. The molecule has 4 aliphatic carbocycles. The van der Waals surface area contributed by atoms with E-state index in [2.05, 4.69) is 41.5 Å². The summed E-state index contributed by atoms with van der Waals surface area (Å²) < 4.78 is 0. The first-order valence-corrected chi connectivity index (χ1v) is 13.5. The predicted octanol–water partition coefficient (Wildman–Crippen LogP) is 6.69. The Kier molecular flexibility index (Phi) is 6.44. The molecule has 4 saturated carbocycles. The molecule has 2 N–H and O–H groups in total. The van der Waals surface area contributed by atoms with Gasteiger partial charge in [-0.25, -0.2) is 0 Å². The molecule has 30 heavy (non-hydrogen) atoms. The maximum Gasteiger partial charge on any atom is 0.0605 e. The molecule has 4 fully saturated rings. The van der Waals surface area contributed by atoms with Gasteiger partial charge in [0.2, 0.25) is 0 Å². The Hall–Kier alpha value is -0.0800. The Labute approximate surface area is 186 Å². The van der Waals surface area contributed by atoms with Crippen LogP contribution in [0.25, 0.3) is 0 Å². The number of aliphatic hydroxyl groups is 2.